The summed E-state index contributed by atoms with van der Waals surface area (Å²) in [6.07, 6.45) is 10.1. The zero-order valence-corrected chi connectivity index (χ0v) is 11.0. The minimum Gasteiger partial charge on any atom is -0.315 e. The average molecular weight is 224 g/mol. The van der Waals surface area contributed by atoms with Crippen molar-refractivity contribution in [2.24, 2.45) is 5.92 Å². The molecule has 94 valence electrons. The third-order valence-corrected chi connectivity index (χ3v) is 4.71. The Morgan fingerprint density at radius 3 is 2.44 bits per heavy atom. The highest BCUT2D eigenvalue weighted by Crippen LogP contribution is 2.29. The smallest absolute Gasteiger partial charge is 0.0220 e. The van der Waals surface area contributed by atoms with Gasteiger partial charge in [0.1, 0.15) is 0 Å². The molecule has 0 bridgehead atoms. The summed E-state index contributed by atoms with van der Waals surface area (Å²) in [5.41, 5.74) is 0. The highest BCUT2D eigenvalue weighted by molar-refractivity contribution is 4.85. The second kappa shape index (κ2) is 6.02. The van der Waals surface area contributed by atoms with Gasteiger partial charge in [-0.3, -0.25) is 4.90 Å². The first-order chi connectivity index (χ1) is 7.81. The number of nitrogens with one attached hydrogen (secondary N) is 1. The minimum atomic E-state index is 0.739. The molecule has 0 spiro atoms. The van der Waals surface area contributed by atoms with E-state index in [1.165, 1.54) is 58.0 Å². The molecule has 1 aliphatic heterocycles. The lowest BCUT2D eigenvalue weighted by Gasteiger charge is -2.37. The average Bonchev–Trinajstić information content (AvgIpc) is 2.81. The highest BCUT2D eigenvalue weighted by Gasteiger charge is 2.27. The number of nitrogens with zero attached hydrogens (tertiary/aromatic N) is 1. The van der Waals surface area contributed by atoms with Gasteiger partial charge in [0.15, 0.2) is 0 Å². The molecule has 1 saturated carbocycles. The van der Waals surface area contributed by atoms with Crippen LogP contribution >= 0.6 is 0 Å². The topological polar surface area (TPSA) is 15.3 Å². The number of hydrogen-bond donors (Lipinski definition) is 1. The molecule has 0 aromatic heterocycles. The molecule has 16 heavy (non-hydrogen) atoms. The van der Waals surface area contributed by atoms with Crippen molar-refractivity contribution in [2.45, 2.75) is 64.0 Å². The third-order valence-electron chi connectivity index (χ3n) is 4.71. The van der Waals surface area contributed by atoms with Crippen LogP contribution in [-0.2, 0) is 0 Å². The maximum Gasteiger partial charge on any atom is 0.0220 e. The van der Waals surface area contributed by atoms with Gasteiger partial charge in [-0.2, -0.15) is 0 Å². The van der Waals surface area contributed by atoms with E-state index < -0.39 is 0 Å². The standard InChI is InChI=1S/C14H28N2/c1-12-7-5-6-10-16(12)11-14(15-2)13-8-3-4-9-13/h12-15H,3-11H2,1-2H3. The Balaban J connectivity index is 1.84. The van der Waals surface area contributed by atoms with E-state index in [0.717, 1.165) is 18.0 Å². The molecular formula is C14H28N2. The number of piperidine rings is 1. The van der Waals surface area contributed by atoms with E-state index >= 15 is 0 Å². The van der Waals surface area contributed by atoms with Crippen LogP contribution < -0.4 is 5.32 Å². The van der Waals surface area contributed by atoms with Gasteiger partial charge in [-0.1, -0.05) is 19.3 Å². The van der Waals surface area contributed by atoms with Crippen LogP contribution in [0, 0.1) is 5.92 Å². The van der Waals surface area contributed by atoms with E-state index in [4.69, 9.17) is 0 Å². The van der Waals surface area contributed by atoms with Crippen LogP contribution in [-0.4, -0.2) is 37.1 Å². The molecule has 0 aromatic carbocycles. The molecule has 2 aliphatic rings. The van der Waals surface area contributed by atoms with Crippen molar-refractivity contribution in [1.29, 1.82) is 0 Å². The molecule has 0 radical (unpaired) electrons. The van der Waals surface area contributed by atoms with Crippen molar-refractivity contribution in [3.63, 3.8) is 0 Å². The van der Waals surface area contributed by atoms with Gasteiger partial charge in [0.05, 0.1) is 0 Å². The summed E-state index contributed by atoms with van der Waals surface area (Å²) < 4.78 is 0. The molecule has 2 rings (SSSR count). The van der Waals surface area contributed by atoms with Gasteiger partial charge in [0.2, 0.25) is 0 Å². The van der Waals surface area contributed by atoms with E-state index in [1.54, 1.807) is 0 Å². The van der Waals surface area contributed by atoms with Crippen LogP contribution in [0.5, 0.6) is 0 Å². The van der Waals surface area contributed by atoms with Crippen molar-refractivity contribution in [1.82, 2.24) is 10.2 Å². The molecule has 1 heterocycles. The normalized spacial score (nSPS) is 30.8. The summed E-state index contributed by atoms with van der Waals surface area (Å²) in [7, 11) is 2.15. The summed E-state index contributed by atoms with van der Waals surface area (Å²) >= 11 is 0. The fourth-order valence-electron chi connectivity index (χ4n) is 3.52. The molecular weight excluding hydrogens is 196 g/mol. The Morgan fingerprint density at radius 2 is 1.81 bits per heavy atom. The highest BCUT2D eigenvalue weighted by atomic mass is 15.2. The molecule has 2 fully saturated rings. The zero-order chi connectivity index (χ0) is 11.4. The molecule has 2 heteroatoms. The number of rotatable bonds is 4. The SMILES string of the molecule is CNC(CN1CCCCC1C)C1CCCC1. The quantitative estimate of drug-likeness (QED) is 0.790. The van der Waals surface area contributed by atoms with Gasteiger partial charge in [0.25, 0.3) is 0 Å². The van der Waals surface area contributed by atoms with Gasteiger partial charge in [-0.15, -0.1) is 0 Å². The lowest BCUT2D eigenvalue weighted by Crippen LogP contribution is -2.48. The predicted octanol–water partition coefficient (Wildman–Crippen LogP) is 2.64. The van der Waals surface area contributed by atoms with E-state index in [9.17, 15) is 0 Å². The van der Waals surface area contributed by atoms with Crippen molar-refractivity contribution in [2.75, 3.05) is 20.1 Å². The fraction of sp³-hybridized carbons (Fsp3) is 1.00. The second-order valence-corrected chi connectivity index (χ2v) is 5.78. The van der Waals surface area contributed by atoms with E-state index in [-0.39, 0.29) is 0 Å². The lowest BCUT2D eigenvalue weighted by molar-refractivity contribution is 0.131. The van der Waals surface area contributed by atoms with Crippen molar-refractivity contribution in [3.05, 3.63) is 0 Å². The molecule has 2 atom stereocenters. The van der Waals surface area contributed by atoms with E-state index in [0.29, 0.717) is 0 Å². The first-order valence-corrected chi connectivity index (χ1v) is 7.22. The Kier molecular flexibility index (Phi) is 4.66. The summed E-state index contributed by atoms with van der Waals surface area (Å²) in [6, 6.07) is 1.55. The third kappa shape index (κ3) is 2.98. The molecule has 1 N–H and O–H groups in total. The first kappa shape index (κ1) is 12.4. The van der Waals surface area contributed by atoms with Crippen LogP contribution in [0.4, 0.5) is 0 Å². The van der Waals surface area contributed by atoms with E-state index in [2.05, 4.69) is 24.2 Å². The number of likely N-dealkylation sites (N-methyl/N-ethyl adjacent to an activating group) is 1. The van der Waals surface area contributed by atoms with Gasteiger partial charge >= 0.3 is 0 Å². The molecule has 2 unspecified atom stereocenters. The second-order valence-electron chi connectivity index (χ2n) is 5.78. The van der Waals surface area contributed by atoms with Crippen LogP contribution in [0.3, 0.4) is 0 Å². The molecule has 0 aromatic rings. The van der Waals surface area contributed by atoms with Crippen molar-refractivity contribution >= 4 is 0 Å². The maximum atomic E-state index is 3.57. The minimum absolute atomic E-state index is 0.739. The van der Waals surface area contributed by atoms with Crippen LogP contribution in [0.2, 0.25) is 0 Å². The summed E-state index contributed by atoms with van der Waals surface area (Å²) in [4.78, 5) is 2.71. The van der Waals surface area contributed by atoms with E-state index in [1.807, 2.05) is 0 Å². The van der Waals surface area contributed by atoms with Gasteiger partial charge in [0, 0.05) is 18.6 Å². The zero-order valence-electron chi connectivity index (χ0n) is 11.0. The lowest BCUT2D eigenvalue weighted by atomic mass is 9.95. The fourth-order valence-corrected chi connectivity index (χ4v) is 3.52. The summed E-state index contributed by atoms with van der Waals surface area (Å²) in [5.74, 6) is 0.944. The van der Waals surface area contributed by atoms with Crippen LogP contribution in [0.15, 0.2) is 0 Å². The monoisotopic (exact) mass is 224 g/mol. The predicted molar refractivity (Wildman–Crippen MR) is 69.7 cm³/mol. The van der Waals surface area contributed by atoms with Gasteiger partial charge in [-0.25, -0.2) is 0 Å². The Bertz CT molecular complexity index is 199. The Hall–Kier alpha value is -0.0800. The molecule has 0 amide bonds. The van der Waals surface area contributed by atoms with Gasteiger partial charge < -0.3 is 5.32 Å². The Morgan fingerprint density at radius 1 is 1.12 bits per heavy atom. The maximum absolute atomic E-state index is 3.57. The molecule has 1 saturated heterocycles. The largest absolute Gasteiger partial charge is 0.315 e. The van der Waals surface area contributed by atoms with Gasteiger partial charge in [-0.05, 0) is 52.1 Å². The molecule has 1 aliphatic carbocycles. The van der Waals surface area contributed by atoms with Crippen molar-refractivity contribution < 1.29 is 0 Å². The molecule has 2 nitrogen and oxygen atoms in total. The first-order valence-electron chi connectivity index (χ1n) is 7.22. The number of likely N-dealkylation sites (tertiary alicyclic amines) is 1. The summed E-state index contributed by atoms with van der Waals surface area (Å²) in [6.45, 7) is 5.01. The van der Waals surface area contributed by atoms with Crippen LogP contribution in [0.1, 0.15) is 51.9 Å². The Labute approximate surface area is 101 Å². The number of hydrogen-bond acceptors (Lipinski definition) is 2. The van der Waals surface area contributed by atoms with Crippen molar-refractivity contribution in [3.8, 4) is 0 Å². The van der Waals surface area contributed by atoms with Crippen LogP contribution in [0.25, 0.3) is 0 Å². The summed E-state index contributed by atoms with van der Waals surface area (Å²) in [5, 5.41) is 3.57.